The summed E-state index contributed by atoms with van der Waals surface area (Å²) in [4.78, 5) is 3.90. The van der Waals surface area contributed by atoms with Crippen LogP contribution in [0.25, 0.3) is 0 Å². The van der Waals surface area contributed by atoms with Crippen molar-refractivity contribution in [1.29, 1.82) is 0 Å². The summed E-state index contributed by atoms with van der Waals surface area (Å²) in [6.07, 6.45) is 4.06. The van der Waals surface area contributed by atoms with Crippen LogP contribution >= 0.6 is 11.6 Å². The van der Waals surface area contributed by atoms with E-state index in [-0.39, 0.29) is 16.2 Å². The van der Waals surface area contributed by atoms with Gasteiger partial charge in [-0.2, -0.15) is 4.31 Å². The molecule has 0 aliphatic carbocycles. The van der Waals surface area contributed by atoms with Crippen LogP contribution in [-0.4, -0.2) is 43.5 Å². The molecule has 2 heterocycles. The van der Waals surface area contributed by atoms with Crippen molar-refractivity contribution in [2.24, 2.45) is 0 Å². The van der Waals surface area contributed by atoms with Crippen LogP contribution in [0.3, 0.4) is 0 Å². The van der Waals surface area contributed by atoms with Gasteiger partial charge in [-0.3, -0.25) is 0 Å². The molecule has 1 saturated heterocycles. The summed E-state index contributed by atoms with van der Waals surface area (Å²) in [6.45, 7) is 3.58. The third kappa shape index (κ3) is 3.49. The molecule has 0 spiro atoms. The molecular weight excluding hydrogens is 300 g/mol. The topological polar surface area (TPSA) is 59.5 Å². The van der Waals surface area contributed by atoms with Crippen molar-refractivity contribution < 1.29 is 13.2 Å². The van der Waals surface area contributed by atoms with E-state index in [1.54, 1.807) is 6.07 Å². The van der Waals surface area contributed by atoms with Crippen molar-refractivity contribution in [3.63, 3.8) is 0 Å². The first-order chi connectivity index (χ1) is 9.55. The van der Waals surface area contributed by atoms with Gasteiger partial charge in [0.1, 0.15) is 10.0 Å². The molecule has 1 fully saturated rings. The van der Waals surface area contributed by atoms with Crippen molar-refractivity contribution in [1.82, 2.24) is 9.29 Å². The minimum Gasteiger partial charge on any atom is -0.377 e. The number of halogens is 1. The third-order valence-corrected chi connectivity index (χ3v) is 5.55. The van der Waals surface area contributed by atoms with Crippen LogP contribution in [0, 0.1) is 0 Å². The highest BCUT2D eigenvalue weighted by Crippen LogP contribution is 2.25. The number of ether oxygens (including phenoxy) is 1. The lowest BCUT2D eigenvalue weighted by Crippen LogP contribution is -2.43. The lowest BCUT2D eigenvalue weighted by molar-refractivity contribution is 0.0193. The summed E-state index contributed by atoms with van der Waals surface area (Å²) in [7, 11) is -3.59. The van der Waals surface area contributed by atoms with E-state index in [4.69, 9.17) is 16.3 Å². The fraction of sp³-hybridized carbons (Fsp3) is 0.615. The van der Waals surface area contributed by atoms with Gasteiger partial charge in [-0.15, -0.1) is 0 Å². The zero-order chi connectivity index (χ0) is 14.6. The lowest BCUT2D eigenvalue weighted by Gasteiger charge is -2.31. The molecular formula is C13H19ClN2O3S. The largest absolute Gasteiger partial charge is 0.377 e. The van der Waals surface area contributed by atoms with E-state index in [2.05, 4.69) is 4.98 Å². The smallest absolute Gasteiger partial charge is 0.246 e. The second-order valence-electron chi connectivity index (χ2n) is 4.79. The zero-order valence-corrected chi connectivity index (χ0v) is 13.0. The van der Waals surface area contributed by atoms with Crippen LogP contribution < -0.4 is 0 Å². The van der Waals surface area contributed by atoms with Gasteiger partial charge >= 0.3 is 0 Å². The number of rotatable bonds is 5. The van der Waals surface area contributed by atoms with Crippen LogP contribution in [0.4, 0.5) is 0 Å². The van der Waals surface area contributed by atoms with Gasteiger partial charge in [0.25, 0.3) is 0 Å². The average Bonchev–Trinajstić information content (AvgIpc) is 2.45. The Balaban J connectivity index is 2.15. The summed E-state index contributed by atoms with van der Waals surface area (Å²) in [5.41, 5.74) is 0. The molecule has 1 aliphatic rings. The number of hydrogen-bond acceptors (Lipinski definition) is 4. The monoisotopic (exact) mass is 318 g/mol. The van der Waals surface area contributed by atoms with Crippen molar-refractivity contribution in [2.45, 2.75) is 37.2 Å². The maximum atomic E-state index is 12.6. The van der Waals surface area contributed by atoms with E-state index in [9.17, 15) is 8.42 Å². The molecule has 1 unspecified atom stereocenters. The van der Waals surface area contributed by atoms with Crippen LogP contribution in [0.15, 0.2) is 23.2 Å². The highest BCUT2D eigenvalue weighted by Gasteiger charge is 2.32. The predicted octanol–water partition coefficient (Wildman–Crippen LogP) is 2.31. The molecule has 0 bridgehead atoms. The van der Waals surface area contributed by atoms with E-state index in [1.807, 2.05) is 6.92 Å². The Hall–Kier alpha value is -0.690. The van der Waals surface area contributed by atoms with Crippen molar-refractivity contribution in [3.05, 3.63) is 23.5 Å². The summed E-state index contributed by atoms with van der Waals surface area (Å²) in [5, 5.41) is 0.0177. The van der Waals surface area contributed by atoms with Crippen LogP contribution in [0.5, 0.6) is 0 Å². The SMILES string of the molecule is CCCOC1CCCN(S(=O)(=O)c2cccnc2Cl)C1. The molecule has 0 radical (unpaired) electrons. The van der Waals surface area contributed by atoms with Gasteiger partial charge < -0.3 is 4.74 Å². The molecule has 1 aromatic rings. The Morgan fingerprint density at radius 2 is 2.35 bits per heavy atom. The Morgan fingerprint density at radius 1 is 1.55 bits per heavy atom. The zero-order valence-electron chi connectivity index (χ0n) is 11.5. The van der Waals surface area contributed by atoms with Crippen LogP contribution in [0.1, 0.15) is 26.2 Å². The number of pyridine rings is 1. The highest BCUT2D eigenvalue weighted by atomic mass is 35.5. The number of nitrogens with zero attached hydrogens (tertiary/aromatic N) is 2. The number of aromatic nitrogens is 1. The molecule has 7 heteroatoms. The molecule has 0 N–H and O–H groups in total. The normalized spacial score (nSPS) is 21.0. The van der Waals surface area contributed by atoms with Gasteiger partial charge in [0.2, 0.25) is 10.0 Å². The summed E-state index contributed by atoms with van der Waals surface area (Å²) >= 11 is 5.90. The predicted molar refractivity (Wildman–Crippen MR) is 77.3 cm³/mol. The first-order valence-electron chi connectivity index (χ1n) is 6.78. The Morgan fingerprint density at radius 3 is 3.05 bits per heavy atom. The van der Waals surface area contributed by atoms with E-state index >= 15 is 0 Å². The number of piperidine rings is 1. The Kier molecular flexibility index (Phi) is 5.37. The molecule has 0 saturated carbocycles. The summed E-state index contributed by atoms with van der Waals surface area (Å²) < 4.78 is 32.3. The first-order valence-corrected chi connectivity index (χ1v) is 8.59. The quantitative estimate of drug-likeness (QED) is 0.782. The molecule has 0 aromatic carbocycles. The molecule has 5 nitrogen and oxygen atoms in total. The van der Waals surface area contributed by atoms with E-state index < -0.39 is 10.0 Å². The van der Waals surface area contributed by atoms with Gasteiger partial charge in [0.15, 0.2) is 0 Å². The lowest BCUT2D eigenvalue weighted by atomic mass is 10.1. The maximum Gasteiger partial charge on any atom is 0.246 e. The standard InChI is InChI=1S/C13H19ClN2O3S/c1-2-9-19-11-5-4-8-16(10-11)20(17,18)12-6-3-7-15-13(12)14/h3,6-7,11H,2,4-5,8-10H2,1H3. The molecule has 2 rings (SSSR count). The summed E-state index contributed by atoms with van der Waals surface area (Å²) in [5.74, 6) is 0. The highest BCUT2D eigenvalue weighted by molar-refractivity contribution is 7.89. The molecule has 112 valence electrons. The Labute approximate surface area is 125 Å². The number of sulfonamides is 1. The second kappa shape index (κ2) is 6.85. The van der Waals surface area contributed by atoms with E-state index in [1.165, 1.54) is 16.6 Å². The first kappa shape index (κ1) is 15.7. The Bertz CT molecular complexity index is 550. The van der Waals surface area contributed by atoms with E-state index in [0.29, 0.717) is 19.7 Å². The summed E-state index contributed by atoms with van der Waals surface area (Å²) in [6, 6.07) is 3.06. The van der Waals surface area contributed by atoms with E-state index in [0.717, 1.165) is 19.3 Å². The molecule has 1 aliphatic heterocycles. The van der Waals surface area contributed by atoms with Gasteiger partial charge in [0, 0.05) is 25.9 Å². The molecule has 1 aromatic heterocycles. The van der Waals surface area contributed by atoms with Gasteiger partial charge in [-0.25, -0.2) is 13.4 Å². The van der Waals surface area contributed by atoms with Gasteiger partial charge in [-0.05, 0) is 31.4 Å². The number of hydrogen-bond donors (Lipinski definition) is 0. The minimum atomic E-state index is -3.59. The molecule has 1 atom stereocenters. The average molecular weight is 319 g/mol. The van der Waals surface area contributed by atoms with Gasteiger partial charge in [0.05, 0.1) is 6.10 Å². The van der Waals surface area contributed by atoms with Crippen LogP contribution in [-0.2, 0) is 14.8 Å². The van der Waals surface area contributed by atoms with Crippen molar-refractivity contribution >= 4 is 21.6 Å². The minimum absolute atomic E-state index is 0.0177. The fourth-order valence-corrected chi connectivity index (χ4v) is 4.18. The second-order valence-corrected chi connectivity index (χ2v) is 7.05. The molecule has 0 amide bonds. The molecule has 20 heavy (non-hydrogen) atoms. The van der Waals surface area contributed by atoms with Crippen molar-refractivity contribution in [3.8, 4) is 0 Å². The van der Waals surface area contributed by atoms with Crippen LogP contribution in [0.2, 0.25) is 5.15 Å². The maximum absolute atomic E-state index is 12.6. The van der Waals surface area contributed by atoms with Gasteiger partial charge in [-0.1, -0.05) is 18.5 Å². The van der Waals surface area contributed by atoms with Crippen molar-refractivity contribution in [2.75, 3.05) is 19.7 Å². The fourth-order valence-electron chi connectivity index (χ4n) is 2.25. The third-order valence-electron chi connectivity index (χ3n) is 3.24.